The summed E-state index contributed by atoms with van der Waals surface area (Å²) in [6.45, 7) is 7.70. The van der Waals surface area contributed by atoms with Crippen molar-refractivity contribution in [3.8, 4) is 10.9 Å². The topological polar surface area (TPSA) is 43.9 Å². The normalized spacial score (nSPS) is 17.4. The molecule has 1 atom stereocenters. The van der Waals surface area contributed by atoms with E-state index in [9.17, 15) is 0 Å². The molecule has 0 bridgehead atoms. The molecule has 1 aromatic heterocycles. The van der Waals surface area contributed by atoms with Crippen molar-refractivity contribution in [3.63, 3.8) is 0 Å². The van der Waals surface area contributed by atoms with Crippen LogP contribution in [0.3, 0.4) is 0 Å². The molecule has 5 heteroatoms. The van der Waals surface area contributed by atoms with Gasteiger partial charge in [0.2, 0.25) is 0 Å². The average molecular weight is 307 g/mol. The molecule has 0 aliphatic carbocycles. The second kappa shape index (κ2) is 6.20. The number of epoxide rings is 1. The Labute approximate surface area is 129 Å². The van der Waals surface area contributed by atoms with Crippen LogP contribution in [0.1, 0.15) is 45.3 Å². The van der Waals surface area contributed by atoms with Crippen molar-refractivity contribution in [3.05, 3.63) is 17.7 Å². The van der Waals surface area contributed by atoms with Crippen LogP contribution in [0, 0.1) is 0 Å². The van der Waals surface area contributed by atoms with Crippen molar-refractivity contribution in [1.82, 2.24) is 4.98 Å². The van der Waals surface area contributed by atoms with Gasteiger partial charge in [-0.15, -0.1) is 0 Å². The molecule has 3 rings (SSSR count). The van der Waals surface area contributed by atoms with E-state index in [1.165, 1.54) is 5.56 Å². The number of benzene rings is 1. The summed E-state index contributed by atoms with van der Waals surface area (Å²) >= 11 is 1.58. The first-order valence-corrected chi connectivity index (χ1v) is 8.35. The minimum atomic E-state index is 0.121. The van der Waals surface area contributed by atoms with E-state index in [0.717, 1.165) is 42.0 Å². The van der Waals surface area contributed by atoms with Crippen LogP contribution in [-0.4, -0.2) is 24.3 Å². The molecule has 0 spiro atoms. The highest BCUT2D eigenvalue weighted by molar-refractivity contribution is 7.20. The predicted molar refractivity (Wildman–Crippen MR) is 84.5 cm³/mol. The maximum atomic E-state index is 5.88. The fourth-order valence-electron chi connectivity index (χ4n) is 2.16. The highest BCUT2D eigenvalue weighted by atomic mass is 32.1. The van der Waals surface area contributed by atoms with Crippen molar-refractivity contribution in [2.24, 2.45) is 0 Å². The number of hydrogen-bond acceptors (Lipinski definition) is 5. The van der Waals surface area contributed by atoms with Gasteiger partial charge in [0.15, 0.2) is 0 Å². The maximum absolute atomic E-state index is 5.88. The zero-order chi connectivity index (χ0) is 14.8. The van der Waals surface area contributed by atoms with E-state index in [-0.39, 0.29) is 12.2 Å². The lowest BCUT2D eigenvalue weighted by molar-refractivity contribution is 0.241. The van der Waals surface area contributed by atoms with E-state index < -0.39 is 0 Å². The molecular weight excluding hydrogens is 286 g/mol. The quantitative estimate of drug-likeness (QED) is 0.564. The lowest BCUT2D eigenvalue weighted by atomic mass is 10.1. The van der Waals surface area contributed by atoms with E-state index in [0.29, 0.717) is 5.19 Å². The molecule has 4 nitrogen and oxygen atoms in total. The maximum Gasteiger partial charge on any atom is 0.274 e. The van der Waals surface area contributed by atoms with Crippen molar-refractivity contribution in [2.75, 3.05) is 13.2 Å². The summed E-state index contributed by atoms with van der Waals surface area (Å²) in [7, 11) is 0. The summed E-state index contributed by atoms with van der Waals surface area (Å²) in [5.74, 6) is 0.845. The summed E-state index contributed by atoms with van der Waals surface area (Å²) in [6, 6.07) is 4.10. The Morgan fingerprint density at radius 3 is 2.90 bits per heavy atom. The lowest BCUT2D eigenvalue weighted by Gasteiger charge is -2.07. The first-order chi connectivity index (χ1) is 10.2. The molecule has 1 saturated heterocycles. The summed E-state index contributed by atoms with van der Waals surface area (Å²) in [5, 5.41) is 0.702. The molecule has 2 aromatic rings. The summed E-state index contributed by atoms with van der Waals surface area (Å²) in [6.07, 6.45) is 2.50. The molecular formula is C16H21NO3S. The van der Waals surface area contributed by atoms with Gasteiger partial charge in [-0.1, -0.05) is 30.7 Å². The molecule has 1 unspecified atom stereocenters. The van der Waals surface area contributed by atoms with Crippen molar-refractivity contribution >= 4 is 21.6 Å². The zero-order valence-corrected chi connectivity index (χ0v) is 13.5. The number of thiazole rings is 1. The highest BCUT2D eigenvalue weighted by Gasteiger charge is 2.29. The Morgan fingerprint density at radius 1 is 1.43 bits per heavy atom. The minimum absolute atomic E-state index is 0.121. The van der Waals surface area contributed by atoms with Gasteiger partial charge in [0.05, 0.1) is 24.0 Å². The van der Waals surface area contributed by atoms with Crippen LogP contribution in [0.25, 0.3) is 10.2 Å². The second-order valence-corrected chi connectivity index (χ2v) is 6.46. The Morgan fingerprint density at radius 2 is 2.24 bits per heavy atom. The van der Waals surface area contributed by atoms with E-state index in [4.69, 9.17) is 14.2 Å². The van der Waals surface area contributed by atoms with E-state index in [1.54, 1.807) is 11.3 Å². The van der Waals surface area contributed by atoms with Gasteiger partial charge in [-0.05, 0) is 26.3 Å². The molecule has 1 aromatic carbocycles. The largest absolute Gasteiger partial charge is 0.491 e. The smallest absolute Gasteiger partial charge is 0.274 e. The van der Waals surface area contributed by atoms with Crippen LogP contribution in [-0.2, 0) is 4.74 Å². The Kier molecular flexibility index (Phi) is 4.31. The number of ether oxygens (including phenoxy) is 3. The van der Waals surface area contributed by atoms with Crippen LogP contribution < -0.4 is 9.47 Å². The number of rotatable bonds is 7. The monoisotopic (exact) mass is 307 g/mol. The van der Waals surface area contributed by atoms with E-state index in [2.05, 4.69) is 18.0 Å². The van der Waals surface area contributed by atoms with Crippen LogP contribution in [0.2, 0.25) is 0 Å². The van der Waals surface area contributed by atoms with Gasteiger partial charge in [0, 0.05) is 5.56 Å². The summed E-state index contributed by atoms with van der Waals surface area (Å²) in [4.78, 5) is 4.62. The average Bonchev–Trinajstić information content (AvgIpc) is 3.18. The van der Waals surface area contributed by atoms with E-state index >= 15 is 0 Å². The third kappa shape index (κ3) is 3.30. The number of nitrogens with zero attached hydrogens (tertiary/aromatic N) is 1. The summed E-state index contributed by atoms with van der Waals surface area (Å²) in [5.41, 5.74) is 2.10. The predicted octanol–water partition coefficient (Wildman–Crippen LogP) is 4.33. The highest BCUT2D eigenvalue weighted by Crippen LogP contribution is 2.42. The number of unbranched alkanes of at least 4 members (excludes halogenated alkanes) is 1. The minimum Gasteiger partial charge on any atom is -0.491 e. The van der Waals surface area contributed by atoms with Crippen LogP contribution in [0.15, 0.2) is 12.1 Å². The van der Waals surface area contributed by atoms with Gasteiger partial charge in [-0.3, -0.25) is 0 Å². The van der Waals surface area contributed by atoms with Gasteiger partial charge in [-0.2, -0.15) is 4.98 Å². The zero-order valence-electron chi connectivity index (χ0n) is 12.7. The molecule has 0 amide bonds. The first-order valence-electron chi connectivity index (χ1n) is 7.53. The Hall–Kier alpha value is -1.33. The van der Waals surface area contributed by atoms with Crippen LogP contribution in [0.5, 0.6) is 10.9 Å². The molecule has 0 N–H and O–H groups in total. The Balaban J connectivity index is 1.95. The molecule has 114 valence electrons. The summed E-state index contributed by atoms with van der Waals surface area (Å²) < 4.78 is 18.2. The van der Waals surface area contributed by atoms with Crippen LogP contribution in [0.4, 0.5) is 0 Å². The third-order valence-electron chi connectivity index (χ3n) is 3.29. The van der Waals surface area contributed by atoms with Crippen molar-refractivity contribution < 1.29 is 14.2 Å². The fourth-order valence-corrected chi connectivity index (χ4v) is 3.27. The van der Waals surface area contributed by atoms with Gasteiger partial charge in [-0.25, -0.2) is 0 Å². The fraction of sp³-hybridized carbons (Fsp3) is 0.562. The van der Waals surface area contributed by atoms with Gasteiger partial charge >= 0.3 is 0 Å². The number of hydrogen-bond donors (Lipinski definition) is 0. The molecule has 1 aliphatic rings. The molecule has 2 heterocycles. The van der Waals surface area contributed by atoms with Gasteiger partial charge < -0.3 is 14.2 Å². The number of fused-ring (bicyclic) bond motifs is 1. The van der Waals surface area contributed by atoms with Gasteiger partial charge in [0.25, 0.3) is 5.19 Å². The first kappa shape index (κ1) is 14.6. The Bertz CT molecular complexity index is 619. The molecule has 21 heavy (non-hydrogen) atoms. The standard InChI is InChI=1S/C16H21NO3S/c1-4-5-8-18-12-7-6-11(13-9-19-13)15-14(12)17-16(21-15)20-10(2)3/h6-7,10,13H,4-5,8-9H2,1-3H3. The van der Waals surface area contributed by atoms with E-state index in [1.807, 2.05) is 19.9 Å². The van der Waals surface area contributed by atoms with Crippen LogP contribution >= 0.6 is 11.3 Å². The van der Waals surface area contributed by atoms with Gasteiger partial charge in [0.1, 0.15) is 17.4 Å². The third-order valence-corrected chi connectivity index (χ3v) is 4.28. The SMILES string of the molecule is CCCCOc1ccc(C2CO2)c2sc(OC(C)C)nc12. The van der Waals surface area contributed by atoms with Crippen molar-refractivity contribution in [2.45, 2.75) is 45.8 Å². The molecule has 0 saturated carbocycles. The lowest BCUT2D eigenvalue weighted by Crippen LogP contribution is -2.04. The number of aromatic nitrogens is 1. The molecule has 1 fully saturated rings. The van der Waals surface area contributed by atoms with Crippen molar-refractivity contribution in [1.29, 1.82) is 0 Å². The second-order valence-electron chi connectivity index (χ2n) is 5.50. The molecule has 1 aliphatic heterocycles. The molecule has 0 radical (unpaired) electrons.